The minimum Gasteiger partial charge on any atom is -0.507 e. The van der Waals surface area contributed by atoms with Crippen LogP contribution >= 0.6 is 0 Å². The number of phenols is 1. The van der Waals surface area contributed by atoms with Gasteiger partial charge >= 0.3 is 11.9 Å². The molecule has 1 atom stereocenters. The number of methoxy groups -OCH3 is 2. The number of allylic oxidation sites excluding steroid dienone is 2. The molecular formula is C26H22N2O6. The number of ketones is 1. The summed E-state index contributed by atoms with van der Waals surface area (Å²) in [4.78, 5) is 44.9. The minimum atomic E-state index is -1.66. The van der Waals surface area contributed by atoms with Gasteiger partial charge in [-0.2, -0.15) is 0 Å². The molecule has 8 nitrogen and oxygen atoms in total. The number of para-hydroxylation sites is 2. The number of aromatic hydroxyl groups is 1. The molecule has 0 amide bonds. The van der Waals surface area contributed by atoms with E-state index in [0.717, 1.165) is 16.5 Å². The van der Waals surface area contributed by atoms with Crippen LogP contribution in [0.1, 0.15) is 21.6 Å². The van der Waals surface area contributed by atoms with Crippen molar-refractivity contribution >= 4 is 28.6 Å². The number of H-pyrrole nitrogens is 1. The van der Waals surface area contributed by atoms with Crippen molar-refractivity contribution < 1.29 is 29.0 Å². The summed E-state index contributed by atoms with van der Waals surface area (Å²) in [7, 11) is 2.48. The Kier molecular flexibility index (Phi) is 5.01. The van der Waals surface area contributed by atoms with Crippen molar-refractivity contribution in [1.29, 1.82) is 0 Å². The van der Waals surface area contributed by atoms with Gasteiger partial charge in [0.05, 0.1) is 31.1 Å². The number of ether oxygens (including phenoxy) is 2. The number of nitrogens with zero attached hydrogens (tertiary/aromatic N) is 1. The Labute approximate surface area is 195 Å². The molecule has 0 aliphatic carbocycles. The third-order valence-corrected chi connectivity index (χ3v) is 6.49. The number of nitrogens with one attached hydrogen (secondary N) is 1. The predicted octanol–water partition coefficient (Wildman–Crippen LogP) is 2.98. The maximum atomic E-state index is 13.5. The number of aromatic amines is 1. The van der Waals surface area contributed by atoms with E-state index in [9.17, 15) is 19.5 Å². The lowest BCUT2D eigenvalue weighted by molar-refractivity contribution is -0.156. The van der Waals surface area contributed by atoms with E-state index >= 15 is 0 Å². The van der Waals surface area contributed by atoms with E-state index in [1.807, 2.05) is 24.3 Å². The highest BCUT2D eigenvalue weighted by atomic mass is 16.5. The lowest BCUT2D eigenvalue weighted by Gasteiger charge is -2.46. The number of carbonyl (C=O) groups excluding carboxylic acids is 3. The van der Waals surface area contributed by atoms with E-state index in [4.69, 9.17) is 9.47 Å². The number of aromatic nitrogens is 1. The van der Waals surface area contributed by atoms with Crippen LogP contribution in [0.3, 0.4) is 0 Å². The standard InChI is InChI=1S/C26H22N2O6/c1-33-24(31)19-13-15(22(30)18-8-4-6-10-21(18)29)14-28-12-11-17-16-7-3-5-9-20(16)27-23(17)26(19,28)25(32)34-2/h3-10,13-14,27,29H,11-12H2,1-2H3. The number of hydrogen-bond donors (Lipinski definition) is 2. The highest BCUT2D eigenvalue weighted by Crippen LogP contribution is 2.47. The normalized spacial score (nSPS) is 18.9. The summed E-state index contributed by atoms with van der Waals surface area (Å²) in [5.74, 6) is -2.11. The highest BCUT2D eigenvalue weighted by molar-refractivity contribution is 6.14. The van der Waals surface area contributed by atoms with Crippen LogP contribution in [-0.4, -0.2) is 53.5 Å². The quantitative estimate of drug-likeness (QED) is 0.457. The molecule has 1 unspecified atom stereocenters. The number of esters is 2. The molecule has 2 N–H and O–H groups in total. The Morgan fingerprint density at radius 3 is 2.50 bits per heavy atom. The molecule has 2 aliphatic rings. The number of hydrogen-bond acceptors (Lipinski definition) is 7. The fourth-order valence-electron chi connectivity index (χ4n) is 4.97. The maximum Gasteiger partial charge on any atom is 0.343 e. The van der Waals surface area contributed by atoms with Gasteiger partial charge in [-0.3, -0.25) is 4.79 Å². The second kappa shape index (κ2) is 7.91. The van der Waals surface area contributed by atoms with Crippen molar-refractivity contribution in [1.82, 2.24) is 9.88 Å². The van der Waals surface area contributed by atoms with E-state index in [0.29, 0.717) is 18.7 Å². The van der Waals surface area contributed by atoms with E-state index in [1.165, 1.54) is 32.4 Å². The maximum absolute atomic E-state index is 13.5. The average molecular weight is 458 g/mol. The molecule has 8 heteroatoms. The third-order valence-electron chi connectivity index (χ3n) is 6.49. The van der Waals surface area contributed by atoms with Crippen molar-refractivity contribution in [3.63, 3.8) is 0 Å². The smallest absolute Gasteiger partial charge is 0.343 e. The number of phenolic OH excluding ortho intramolecular Hbond substituents is 1. The summed E-state index contributed by atoms with van der Waals surface area (Å²) in [6.45, 7) is 0.343. The average Bonchev–Trinajstić information content (AvgIpc) is 3.26. The zero-order chi connectivity index (χ0) is 24.0. The minimum absolute atomic E-state index is 0.0457. The number of rotatable bonds is 4. The molecule has 34 heavy (non-hydrogen) atoms. The molecule has 2 aliphatic heterocycles. The lowest BCUT2D eigenvalue weighted by atomic mass is 9.75. The molecule has 0 bridgehead atoms. The summed E-state index contributed by atoms with van der Waals surface area (Å²) in [6, 6.07) is 13.8. The first-order chi connectivity index (χ1) is 16.4. The molecule has 1 aromatic heterocycles. The van der Waals surface area contributed by atoms with Crippen molar-refractivity contribution in [3.05, 3.63) is 88.8 Å². The van der Waals surface area contributed by atoms with Gasteiger partial charge in [0.15, 0.2) is 5.78 Å². The second-order valence-electron chi connectivity index (χ2n) is 8.15. The summed E-state index contributed by atoms with van der Waals surface area (Å²) in [5, 5.41) is 11.1. The second-order valence-corrected chi connectivity index (χ2v) is 8.15. The van der Waals surface area contributed by atoms with Crippen LogP contribution in [0.15, 0.2) is 72.0 Å². The van der Waals surface area contributed by atoms with Crippen LogP contribution in [0.5, 0.6) is 5.75 Å². The van der Waals surface area contributed by atoms with Gasteiger partial charge < -0.3 is 24.5 Å². The Balaban J connectivity index is 1.77. The van der Waals surface area contributed by atoms with Gasteiger partial charge in [0, 0.05) is 29.2 Å². The molecule has 0 radical (unpaired) electrons. The van der Waals surface area contributed by atoms with Crippen LogP contribution in [0.25, 0.3) is 10.9 Å². The van der Waals surface area contributed by atoms with Crippen LogP contribution in [0, 0.1) is 0 Å². The monoisotopic (exact) mass is 458 g/mol. The summed E-state index contributed by atoms with van der Waals surface area (Å²) in [5.41, 5.74) is 0.753. The van der Waals surface area contributed by atoms with Gasteiger partial charge in [-0.25, -0.2) is 9.59 Å². The van der Waals surface area contributed by atoms with Crippen molar-refractivity contribution in [2.24, 2.45) is 0 Å². The number of benzene rings is 2. The summed E-state index contributed by atoms with van der Waals surface area (Å²) >= 11 is 0. The summed E-state index contributed by atoms with van der Waals surface area (Å²) < 4.78 is 10.3. The molecule has 3 heterocycles. The Hall–Kier alpha value is -4.33. The molecule has 0 fully saturated rings. The van der Waals surface area contributed by atoms with E-state index in [2.05, 4.69) is 4.98 Å². The van der Waals surface area contributed by atoms with E-state index in [1.54, 1.807) is 23.2 Å². The van der Waals surface area contributed by atoms with Crippen LogP contribution < -0.4 is 0 Å². The van der Waals surface area contributed by atoms with Crippen molar-refractivity contribution in [2.75, 3.05) is 20.8 Å². The van der Waals surface area contributed by atoms with Crippen molar-refractivity contribution in [2.45, 2.75) is 12.0 Å². The van der Waals surface area contributed by atoms with Gasteiger partial charge in [0.2, 0.25) is 5.54 Å². The largest absolute Gasteiger partial charge is 0.507 e. The van der Waals surface area contributed by atoms with Gasteiger partial charge in [-0.1, -0.05) is 30.3 Å². The predicted molar refractivity (Wildman–Crippen MR) is 123 cm³/mol. The fraction of sp³-hybridized carbons (Fsp3) is 0.192. The molecule has 0 saturated heterocycles. The lowest BCUT2D eigenvalue weighted by Crippen LogP contribution is -2.58. The van der Waals surface area contributed by atoms with Crippen LogP contribution in [-0.2, 0) is 31.0 Å². The number of fused-ring (bicyclic) bond motifs is 5. The van der Waals surface area contributed by atoms with Gasteiger partial charge in [0.25, 0.3) is 0 Å². The van der Waals surface area contributed by atoms with Gasteiger partial charge in [-0.15, -0.1) is 0 Å². The Bertz CT molecular complexity index is 1420. The molecular weight excluding hydrogens is 436 g/mol. The first-order valence-corrected chi connectivity index (χ1v) is 10.7. The SMILES string of the molecule is COC(=O)C1=CC(C(=O)c2ccccc2O)=CN2CCc3c([nH]c4ccccc34)C12C(=O)OC. The third kappa shape index (κ3) is 2.88. The zero-order valence-corrected chi connectivity index (χ0v) is 18.6. The molecule has 172 valence electrons. The van der Waals surface area contributed by atoms with Crippen LogP contribution in [0.2, 0.25) is 0 Å². The topological polar surface area (TPSA) is 109 Å². The summed E-state index contributed by atoms with van der Waals surface area (Å²) in [6.07, 6.45) is 3.47. The fourth-order valence-corrected chi connectivity index (χ4v) is 4.97. The van der Waals surface area contributed by atoms with Crippen LogP contribution in [0.4, 0.5) is 0 Å². The van der Waals surface area contributed by atoms with Gasteiger partial charge in [0.1, 0.15) is 5.75 Å². The first-order valence-electron chi connectivity index (χ1n) is 10.7. The van der Waals surface area contributed by atoms with Crippen molar-refractivity contribution in [3.8, 4) is 5.75 Å². The molecule has 2 aromatic carbocycles. The number of Topliss-reactive ketones (excluding diaryl/α,β-unsaturated/α-hetero) is 1. The Morgan fingerprint density at radius 1 is 1.03 bits per heavy atom. The van der Waals surface area contributed by atoms with E-state index < -0.39 is 23.3 Å². The van der Waals surface area contributed by atoms with E-state index in [-0.39, 0.29) is 22.5 Å². The Morgan fingerprint density at radius 2 is 1.76 bits per heavy atom. The molecule has 0 spiro atoms. The molecule has 3 aromatic rings. The van der Waals surface area contributed by atoms with Gasteiger partial charge in [-0.05, 0) is 36.3 Å². The first kappa shape index (κ1) is 21.5. The zero-order valence-electron chi connectivity index (χ0n) is 18.6. The molecule has 0 saturated carbocycles. The highest BCUT2D eigenvalue weighted by Gasteiger charge is 2.58. The number of carbonyl (C=O) groups is 3. The molecule has 5 rings (SSSR count).